The summed E-state index contributed by atoms with van der Waals surface area (Å²) in [5.41, 5.74) is 2.68. The fourth-order valence-corrected chi connectivity index (χ4v) is 3.39. The minimum Gasteiger partial charge on any atom is -0.457 e. The van der Waals surface area contributed by atoms with E-state index >= 15 is 0 Å². The van der Waals surface area contributed by atoms with E-state index in [2.05, 4.69) is 0 Å². The van der Waals surface area contributed by atoms with Gasteiger partial charge in [0, 0.05) is 22.6 Å². The van der Waals surface area contributed by atoms with E-state index in [0.29, 0.717) is 16.9 Å². The summed E-state index contributed by atoms with van der Waals surface area (Å²) in [7, 11) is -3.76. The van der Waals surface area contributed by atoms with Gasteiger partial charge in [0.1, 0.15) is 0 Å². The number of nitrogens with zero attached hydrogens (tertiary/aromatic N) is 1. The van der Waals surface area contributed by atoms with Crippen LogP contribution in [0.2, 0.25) is 0 Å². The molecule has 1 aromatic carbocycles. The molecule has 138 valence electrons. The Morgan fingerprint density at radius 2 is 1.81 bits per heavy atom. The van der Waals surface area contributed by atoms with Crippen molar-refractivity contribution in [1.82, 2.24) is 4.57 Å². The summed E-state index contributed by atoms with van der Waals surface area (Å²) in [6, 6.07) is 7.82. The first kappa shape index (κ1) is 18.3. The lowest BCUT2D eigenvalue weighted by atomic mass is 10.1. The van der Waals surface area contributed by atoms with Gasteiger partial charge in [-0.1, -0.05) is 0 Å². The summed E-state index contributed by atoms with van der Waals surface area (Å²) in [5, 5.41) is 5.11. The number of hydrogen-bond donors (Lipinski definition) is 1. The number of esters is 1. The van der Waals surface area contributed by atoms with E-state index in [1.54, 1.807) is 25.1 Å². The lowest BCUT2D eigenvalue weighted by Gasteiger charge is -2.10. The SMILES string of the molecule is Cc1cc(C(=O)COC(=O)C2CC2)c(C)n1-c1ccc(S(N)(=O)=O)cc1. The molecule has 1 heterocycles. The summed E-state index contributed by atoms with van der Waals surface area (Å²) in [4.78, 5) is 24.0. The highest BCUT2D eigenvalue weighted by molar-refractivity contribution is 7.89. The quantitative estimate of drug-likeness (QED) is 0.612. The molecule has 0 amide bonds. The van der Waals surface area contributed by atoms with Gasteiger partial charge in [0.25, 0.3) is 0 Å². The molecule has 0 spiro atoms. The predicted octanol–water partition coefficient (Wildman–Crippen LogP) is 1.88. The van der Waals surface area contributed by atoms with Gasteiger partial charge in [0.2, 0.25) is 15.8 Å². The number of ketones is 1. The third-order valence-electron chi connectivity index (χ3n) is 4.41. The van der Waals surface area contributed by atoms with Crippen LogP contribution in [0.25, 0.3) is 5.69 Å². The number of aromatic nitrogens is 1. The zero-order chi connectivity index (χ0) is 19.1. The van der Waals surface area contributed by atoms with E-state index in [1.807, 2.05) is 11.5 Å². The maximum Gasteiger partial charge on any atom is 0.309 e. The Morgan fingerprint density at radius 3 is 2.35 bits per heavy atom. The summed E-state index contributed by atoms with van der Waals surface area (Å²) in [6.45, 7) is 3.36. The fraction of sp³-hybridized carbons (Fsp3) is 0.333. The second kappa shape index (κ2) is 6.69. The molecule has 2 aromatic rings. The average molecular weight is 376 g/mol. The predicted molar refractivity (Wildman–Crippen MR) is 94.6 cm³/mol. The van der Waals surface area contributed by atoms with Crippen LogP contribution in [0.5, 0.6) is 0 Å². The number of nitrogens with two attached hydrogens (primary N) is 1. The first-order valence-corrected chi connectivity index (χ1v) is 9.75. The van der Waals surface area contributed by atoms with Crippen LogP contribution in [0, 0.1) is 19.8 Å². The van der Waals surface area contributed by atoms with Gasteiger partial charge in [-0.2, -0.15) is 0 Å². The molecule has 1 aliphatic rings. The van der Waals surface area contributed by atoms with Gasteiger partial charge in [-0.15, -0.1) is 0 Å². The van der Waals surface area contributed by atoms with E-state index in [1.165, 1.54) is 12.1 Å². The molecule has 0 unspecified atom stereocenters. The molecule has 1 aromatic heterocycles. The molecule has 1 aliphatic carbocycles. The molecular weight excluding hydrogens is 356 g/mol. The molecule has 26 heavy (non-hydrogen) atoms. The first-order chi connectivity index (χ1) is 12.2. The van der Waals surface area contributed by atoms with Gasteiger partial charge >= 0.3 is 5.97 Å². The zero-order valence-corrected chi connectivity index (χ0v) is 15.4. The Kier molecular flexibility index (Phi) is 4.72. The van der Waals surface area contributed by atoms with Gasteiger partial charge in [0.05, 0.1) is 10.8 Å². The molecule has 0 bridgehead atoms. The molecule has 1 saturated carbocycles. The third kappa shape index (κ3) is 3.71. The molecule has 2 N–H and O–H groups in total. The van der Waals surface area contributed by atoms with Crippen LogP contribution in [0.3, 0.4) is 0 Å². The van der Waals surface area contributed by atoms with Crippen molar-refractivity contribution in [3.05, 3.63) is 47.3 Å². The van der Waals surface area contributed by atoms with Gasteiger partial charge < -0.3 is 9.30 Å². The average Bonchev–Trinajstić information content (AvgIpc) is 3.38. The highest BCUT2D eigenvalue weighted by atomic mass is 32.2. The summed E-state index contributed by atoms with van der Waals surface area (Å²) in [5.74, 6) is -0.627. The van der Waals surface area contributed by atoms with Gasteiger partial charge in [-0.3, -0.25) is 9.59 Å². The molecule has 1 fully saturated rings. The Bertz CT molecular complexity index is 970. The number of rotatable bonds is 6. The number of ether oxygens (including phenoxy) is 1. The van der Waals surface area contributed by atoms with Crippen LogP contribution in [0.15, 0.2) is 35.2 Å². The number of benzene rings is 1. The minimum atomic E-state index is -3.76. The molecule has 7 nitrogen and oxygen atoms in total. The second-order valence-corrected chi connectivity index (χ2v) is 8.03. The summed E-state index contributed by atoms with van der Waals surface area (Å²) in [6.07, 6.45) is 1.66. The third-order valence-corrected chi connectivity index (χ3v) is 5.34. The van der Waals surface area contributed by atoms with E-state index in [9.17, 15) is 18.0 Å². The highest BCUT2D eigenvalue weighted by Gasteiger charge is 2.31. The van der Waals surface area contributed by atoms with Gasteiger partial charge in [0.15, 0.2) is 6.61 Å². The number of aryl methyl sites for hydroxylation is 1. The first-order valence-electron chi connectivity index (χ1n) is 8.20. The number of carbonyl (C=O) groups excluding carboxylic acids is 2. The van der Waals surface area contributed by atoms with Crippen molar-refractivity contribution in [3.63, 3.8) is 0 Å². The van der Waals surface area contributed by atoms with E-state index in [0.717, 1.165) is 18.5 Å². The lowest BCUT2D eigenvalue weighted by Crippen LogP contribution is -2.15. The molecule has 0 atom stereocenters. The largest absolute Gasteiger partial charge is 0.457 e. The maximum atomic E-state index is 12.4. The number of carbonyl (C=O) groups is 2. The van der Waals surface area contributed by atoms with E-state index in [4.69, 9.17) is 9.88 Å². The van der Waals surface area contributed by atoms with Crippen LogP contribution in [-0.2, 0) is 19.6 Å². The summed E-state index contributed by atoms with van der Waals surface area (Å²) < 4.78 is 29.6. The smallest absolute Gasteiger partial charge is 0.309 e. The van der Waals surface area contributed by atoms with Crippen molar-refractivity contribution >= 4 is 21.8 Å². The fourth-order valence-electron chi connectivity index (χ4n) is 2.88. The normalized spacial score (nSPS) is 14.3. The zero-order valence-electron chi connectivity index (χ0n) is 14.6. The molecule has 8 heteroatoms. The monoisotopic (exact) mass is 376 g/mol. The van der Waals surface area contributed by atoms with Crippen molar-refractivity contribution in [2.75, 3.05) is 6.61 Å². The van der Waals surface area contributed by atoms with Crippen LogP contribution in [-0.4, -0.2) is 31.3 Å². The van der Waals surface area contributed by atoms with Crippen molar-refractivity contribution < 1.29 is 22.7 Å². The topological polar surface area (TPSA) is 108 Å². The van der Waals surface area contributed by atoms with Crippen LogP contribution in [0.4, 0.5) is 0 Å². The minimum absolute atomic E-state index is 0.0204. The molecule has 3 rings (SSSR count). The van der Waals surface area contributed by atoms with Crippen molar-refractivity contribution in [3.8, 4) is 5.69 Å². The van der Waals surface area contributed by atoms with Crippen molar-refractivity contribution in [2.45, 2.75) is 31.6 Å². The Hall–Kier alpha value is -2.45. The number of primary sulfonamides is 1. The molecular formula is C18H20N2O5S. The van der Waals surface area contributed by atoms with Gasteiger partial charge in [-0.25, -0.2) is 13.6 Å². The highest BCUT2D eigenvalue weighted by Crippen LogP contribution is 2.30. The summed E-state index contributed by atoms with van der Waals surface area (Å²) >= 11 is 0. The molecule has 0 saturated heterocycles. The Labute approximate surface area is 151 Å². The van der Waals surface area contributed by atoms with E-state index in [-0.39, 0.29) is 29.2 Å². The molecule has 0 radical (unpaired) electrons. The standard InChI is InChI=1S/C18H20N2O5S/c1-11-9-16(17(21)10-25-18(22)13-3-4-13)12(2)20(11)14-5-7-15(8-6-14)26(19,23)24/h5-9,13H,3-4,10H2,1-2H3,(H2,19,23,24). The van der Waals surface area contributed by atoms with E-state index < -0.39 is 10.0 Å². The van der Waals surface area contributed by atoms with Gasteiger partial charge in [-0.05, 0) is 57.0 Å². The van der Waals surface area contributed by atoms with Crippen molar-refractivity contribution in [1.29, 1.82) is 0 Å². The molecule has 0 aliphatic heterocycles. The maximum absolute atomic E-state index is 12.4. The Morgan fingerprint density at radius 1 is 1.19 bits per heavy atom. The van der Waals surface area contributed by atoms with Crippen LogP contribution in [0.1, 0.15) is 34.6 Å². The lowest BCUT2D eigenvalue weighted by molar-refractivity contribution is -0.144. The second-order valence-electron chi connectivity index (χ2n) is 6.46. The Balaban J connectivity index is 1.83. The number of Topliss-reactive ketones (excluding diaryl/α,β-unsaturated/α-hetero) is 1. The number of sulfonamides is 1. The number of hydrogen-bond acceptors (Lipinski definition) is 5. The van der Waals surface area contributed by atoms with Crippen molar-refractivity contribution in [2.24, 2.45) is 11.1 Å². The van der Waals surface area contributed by atoms with Crippen LogP contribution >= 0.6 is 0 Å². The van der Waals surface area contributed by atoms with Crippen LogP contribution < -0.4 is 5.14 Å².